The summed E-state index contributed by atoms with van der Waals surface area (Å²) in [7, 11) is 0. The number of unbranched alkanes of at least 4 members (excludes halogenated alkanes) is 1. The molecule has 0 aromatic carbocycles. The smallest absolute Gasteiger partial charge is 0.290 e. The van der Waals surface area contributed by atoms with Crippen LogP contribution in [-0.2, 0) is 13.0 Å². The SMILES string of the molecule is CCCCc1noc(C)c1COc1cc(C(=O)NC(C)CO)on1. The molecule has 8 nitrogen and oxygen atoms in total. The van der Waals surface area contributed by atoms with Crippen LogP contribution in [0.2, 0.25) is 0 Å². The number of hydrogen-bond donors (Lipinski definition) is 2. The topological polar surface area (TPSA) is 111 Å². The second-order valence-electron chi connectivity index (χ2n) is 5.64. The summed E-state index contributed by atoms with van der Waals surface area (Å²) in [6.07, 6.45) is 2.93. The lowest BCUT2D eigenvalue weighted by Gasteiger charge is -2.07. The summed E-state index contributed by atoms with van der Waals surface area (Å²) in [4.78, 5) is 11.9. The van der Waals surface area contributed by atoms with E-state index in [9.17, 15) is 4.79 Å². The molecule has 24 heavy (non-hydrogen) atoms. The largest absolute Gasteiger partial charge is 0.470 e. The number of aryl methyl sites for hydroxylation is 2. The molecule has 2 heterocycles. The third-order valence-electron chi connectivity index (χ3n) is 3.56. The van der Waals surface area contributed by atoms with Crippen molar-refractivity contribution >= 4 is 5.91 Å². The molecule has 0 fully saturated rings. The van der Waals surface area contributed by atoms with E-state index < -0.39 is 5.91 Å². The van der Waals surface area contributed by atoms with Crippen molar-refractivity contribution in [2.75, 3.05) is 6.61 Å². The summed E-state index contributed by atoms with van der Waals surface area (Å²) in [5.74, 6) is 0.486. The van der Waals surface area contributed by atoms with Crippen LogP contribution in [0, 0.1) is 6.92 Å². The molecule has 132 valence electrons. The number of rotatable bonds is 9. The number of aliphatic hydroxyl groups excluding tert-OH is 1. The number of hydrogen-bond acceptors (Lipinski definition) is 7. The van der Waals surface area contributed by atoms with Gasteiger partial charge < -0.3 is 24.2 Å². The second-order valence-corrected chi connectivity index (χ2v) is 5.64. The fraction of sp³-hybridized carbons (Fsp3) is 0.562. The van der Waals surface area contributed by atoms with Crippen LogP contribution in [0.3, 0.4) is 0 Å². The minimum absolute atomic E-state index is 0.0264. The van der Waals surface area contributed by atoms with Gasteiger partial charge in [-0.2, -0.15) is 0 Å². The van der Waals surface area contributed by atoms with Gasteiger partial charge in [-0.1, -0.05) is 18.5 Å². The minimum atomic E-state index is -0.455. The summed E-state index contributed by atoms with van der Waals surface area (Å²) in [6, 6.07) is 1.04. The minimum Gasteiger partial charge on any atom is -0.470 e. The second kappa shape index (κ2) is 8.49. The number of carbonyl (C=O) groups is 1. The zero-order chi connectivity index (χ0) is 17.5. The fourth-order valence-corrected chi connectivity index (χ4v) is 2.08. The van der Waals surface area contributed by atoms with Crippen LogP contribution < -0.4 is 10.1 Å². The Morgan fingerprint density at radius 2 is 2.21 bits per heavy atom. The van der Waals surface area contributed by atoms with E-state index in [4.69, 9.17) is 18.9 Å². The van der Waals surface area contributed by atoms with Crippen molar-refractivity contribution in [2.24, 2.45) is 0 Å². The van der Waals surface area contributed by atoms with Gasteiger partial charge >= 0.3 is 0 Å². The van der Waals surface area contributed by atoms with Gasteiger partial charge in [0, 0.05) is 6.04 Å². The van der Waals surface area contributed by atoms with Crippen molar-refractivity contribution < 1.29 is 23.7 Å². The Labute approximate surface area is 140 Å². The Balaban J connectivity index is 1.96. The van der Waals surface area contributed by atoms with Gasteiger partial charge in [0.05, 0.1) is 23.9 Å². The lowest BCUT2D eigenvalue weighted by molar-refractivity contribution is 0.0884. The third kappa shape index (κ3) is 4.58. The number of ether oxygens (including phenoxy) is 1. The van der Waals surface area contributed by atoms with Gasteiger partial charge in [0.2, 0.25) is 5.76 Å². The number of aliphatic hydroxyl groups is 1. The number of carbonyl (C=O) groups excluding carboxylic acids is 1. The molecular weight excluding hydrogens is 314 g/mol. The average molecular weight is 337 g/mol. The van der Waals surface area contributed by atoms with Gasteiger partial charge in [0.25, 0.3) is 11.8 Å². The molecule has 2 aromatic heterocycles. The zero-order valence-electron chi connectivity index (χ0n) is 14.2. The Morgan fingerprint density at radius 1 is 1.42 bits per heavy atom. The predicted octanol–water partition coefficient (Wildman–Crippen LogP) is 2.00. The maximum Gasteiger partial charge on any atom is 0.290 e. The molecule has 2 N–H and O–H groups in total. The van der Waals surface area contributed by atoms with Crippen LogP contribution in [0.4, 0.5) is 0 Å². The summed E-state index contributed by atoms with van der Waals surface area (Å²) in [5.41, 5.74) is 1.78. The lowest BCUT2D eigenvalue weighted by Crippen LogP contribution is -2.34. The molecule has 1 amide bonds. The van der Waals surface area contributed by atoms with E-state index >= 15 is 0 Å². The maximum absolute atomic E-state index is 11.9. The summed E-state index contributed by atoms with van der Waals surface area (Å²) >= 11 is 0. The van der Waals surface area contributed by atoms with E-state index in [1.165, 1.54) is 6.07 Å². The van der Waals surface area contributed by atoms with Gasteiger partial charge in [0.1, 0.15) is 12.4 Å². The van der Waals surface area contributed by atoms with Gasteiger partial charge in [-0.15, -0.1) is 0 Å². The molecule has 0 spiro atoms. The molecule has 0 radical (unpaired) electrons. The van der Waals surface area contributed by atoms with Gasteiger partial charge in [-0.3, -0.25) is 4.79 Å². The molecule has 0 saturated carbocycles. The van der Waals surface area contributed by atoms with Crippen molar-refractivity contribution in [3.05, 3.63) is 28.8 Å². The molecule has 0 bridgehead atoms. The van der Waals surface area contributed by atoms with E-state index in [2.05, 4.69) is 22.6 Å². The number of aromatic nitrogens is 2. The highest BCUT2D eigenvalue weighted by Gasteiger charge is 2.17. The van der Waals surface area contributed by atoms with Crippen LogP contribution in [0.25, 0.3) is 0 Å². The highest BCUT2D eigenvalue weighted by atomic mass is 16.5. The van der Waals surface area contributed by atoms with Crippen LogP contribution in [-0.4, -0.2) is 34.0 Å². The first kappa shape index (κ1) is 18.0. The van der Waals surface area contributed by atoms with Crippen molar-refractivity contribution in [3.63, 3.8) is 0 Å². The van der Waals surface area contributed by atoms with Crippen LogP contribution in [0.15, 0.2) is 15.1 Å². The Bertz CT molecular complexity index is 664. The fourth-order valence-electron chi connectivity index (χ4n) is 2.08. The lowest BCUT2D eigenvalue weighted by atomic mass is 10.1. The predicted molar refractivity (Wildman–Crippen MR) is 84.7 cm³/mol. The standard InChI is InChI=1S/C16H23N3O5/c1-4-5-6-13-12(11(3)23-18-13)9-22-15-7-14(24-19-15)16(21)17-10(2)8-20/h7,10,20H,4-6,8-9H2,1-3H3,(H,17,21). The molecule has 1 unspecified atom stereocenters. The van der Waals surface area contributed by atoms with E-state index in [-0.39, 0.29) is 30.9 Å². The summed E-state index contributed by atoms with van der Waals surface area (Å²) in [5, 5.41) is 19.3. The molecule has 1 atom stereocenters. The number of nitrogens with one attached hydrogen (secondary N) is 1. The molecule has 8 heteroatoms. The van der Waals surface area contributed by atoms with Gasteiger partial charge in [0.15, 0.2) is 0 Å². The normalized spacial score (nSPS) is 12.2. The molecule has 0 aliphatic heterocycles. The van der Waals surface area contributed by atoms with Crippen molar-refractivity contribution in [2.45, 2.75) is 52.7 Å². The van der Waals surface area contributed by atoms with E-state index in [0.717, 1.165) is 30.5 Å². The first-order valence-corrected chi connectivity index (χ1v) is 8.00. The van der Waals surface area contributed by atoms with Crippen molar-refractivity contribution in [3.8, 4) is 5.88 Å². The average Bonchev–Trinajstić information content (AvgIpc) is 3.18. The van der Waals surface area contributed by atoms with E-state index in [0.29, 0.717) is 5.76 Å². The Hall–Kier alpha value is -2.35. The van der Waals surface area contributed by atoms with Crippen molar-refractivity contribution in [1.82, 2.24) is 15.6 Å². The molecule has 2 rings (SSSR count). The zero-order valence-corrected chi connectivity index (χ0v) is 14.2. The van der Waals surface area contributed by atoms with E-state index in [1.807, 2.05) is 6.92 Å². The molecular formula is C16H23N3O5. The quantitative estimate of drug-likeness (QED) is 0.720. The van der Waals surface area contributed by atoms with Crippen LogP contribution in [0.5, 0.6) is 5.88 Å². The van der Waals surface area contributed by atoms with Gasteiger partial charge in [-0.25, -0.2) is 0 Å². The molecule has 0 aliphatic carbocycles. The van der Waals surface area contributed by atoms with Crippen LogP contribution in [0.1, 0.15) is 54.3 Å². The molecule has 0 saturated heterocycles. The molecule has 0 aliphatic rings. The van der Waals surface area contributed by atoms with Crippen LogP contribution >= 0.6 is 0 Å². The third-order valence-corrected chi connectivity index (χ3v) is 3.56. The first-order chi connectivity index (χ1) is 11.5. The van der Waals surface area contributed by atoms with E-state index in [1.54, 1.807) is 6.92 Å². The molecule has 2 aromatic rings. The number of amides is 1. The summed E-state index contributed by atoms with van der Waals surface area (Å²) < 4.78 is 15.8. The van der Waals surface area contributed by atoms with Crippen molar-refractivity contribution in [1.29, 1.82) is 0 Å². The highest BCUT2D eigenvalue weighted by molar-refractivity contribution is 5.91. The monoisotopic (exact) mass is 337 g/mol. The van der Waals surface area contributed by atoms with Gasteiger partial charge in [-0.05, 0) is 31.8 Å². The number of nitrogens with zero attached hydrogens (tertiary/aromatic N) is 2. The maximum atomic E-state index is 11.9. The summed E-state index contributed by atoms with van der Waals surface area (Å²) in [6.45, 7) is 5.71. The Morgan fingerprint density at radius 3 is 2.92 bits per heavy atom. The first-order valence-electron chi connectivity index (χ1n) is 8.00. The highest BCUT2D eigenvalue weighted by Crippen LogP contribution is 2.19. The Kier molecular flexibility index (Phi) is 6.36.